The summed E-state index contributed by atoms with van der Waals surface area (Å²) in [5.41, 5.74) is 0. The first kappa shape index (κ1) is 22.3. The van der Waals surface area contributed by atoms with Crippen LogP contribution in [0.25, 0.3) is 0 Å². The number of carbonyl (C=O) groups is 2. The molecule has 0 aliphatic heterocycles. The van der Waals surface area contributed by atoms with E-state index in [4.69, 9.17) is 0 Å². The summed E-state index contributed by atoms with van der Waals surface area (Å²) in [6.45, 7) is 3.86. The first-order chi connectivity index (χ1) is 11.2. The quantitative estimate of drug-likeness (QED) is 0.260. The van der Waals surface area contributed by atoms with Crippen molar-refractivity contribution in [3.63, 3.8) is 0 Å². The van der Waals surface area contributed by atoms with Crippen molar-refractivity contribution in [2.75, 3.05) is 0 Å². The summed E-state index contributed by atoms with van der Waals surface area (Å²) in [5, 5.41) is 0. The SMILES string of the molecule is CCCCCC(=O)CCCCCCCCCCCCCC(C)=O. The Morgan fingerprint density at radius 3 is 1.26 bits per heavy atom. The smallest absolute Gasteiger partial charge is 0.132 e. The Morgan fingerprint density at radius 2 is 0.870 bits per heavy atom. The second-order valence-electron chi connectivity index (χ2n) is 7.09. The largest absolute Gasteiger partial charge is 0.300 e. The minimum atomic E-state index is 0.327. The number of unbranched alkanes of at least 4 members (excludes halogenated alkanes) is 12. The van der Waals surface area contributed by atoms with Crippen LogP contribution in [0.4, 0.5) is 0 Å². The minimum Gasteiger partial charge on any atom is -0.300 e. The lowest BCUT2D eigenvalue weighted by Crippen LogP contribution is -1.97. The van der Waals surface area contributed by atoms with E-state index in [0.717, 1.165) is 38.5 Å². The molecule has 0 rings (SSSR count). The van der Waals surface area contributed by atoms with Gasteiger partial charge in [0.2, 0.25) is 0 Å². The van der Waals surface area contributed by atoms with Crippen molar-refractivity contribution < 1.29 is 9.59 Å². The standard InChI is InChI=1S/C21H40O2/c1-3-4-14-18-21(23)19-16-13-11-9-7-5-6-8-10-12-15-17-20(2)22/h3-19H2,1-2H3. The molecule has 0 fully saturated rings. The third kappa shape index (κ3) is 19.3. The number of hydrogen-bond donors (Lipinski definition) is 0. The zero-order chi connectivity index (χ0) is 17.2. The first-order valence-corrected chi connectivity index (χ1v) is 10.2. The highest BCUT2D eigenvalue weighted by molar-refractivity contribution is 5.78. The summed E-state index contributed by atoms with van der Waals surface area (Å²) in [4.78, 5) is 22.4. The van der Waals surface area contributed by atoms with Crippen LogP contribution in [0.3, 0.4) is 0 Å². The molecule has 23 heavy (non-hydrogen) atoms. The lowest BCUT2D eigenvalue weighted by Gasteiger charge is -2.03. The van der Waals surface area contributed by atoms with Gasteiger partial charge in [0.05, 0.1) is 0 Å². The lowest BCUT2D eigenvalue weighted by atomic mass is 10.0. The molecule has 136 valence electrons. The minimum absolute atomic E-state index is 0.327. The first-order valence-electron chi connectivity index (χ1n) is 10.2. The van der Waals surface area contributed by atoms with Crippen molar-refractivity contribution in [3.05, 3.63) is 0 Å². The summed E-state index contributed by atoms with van der Waals surface area (Å²) >= 11 is 0. The summed E-state index contributed by atoms with van der Waals surface area (Å²) < 4.78 is 0. The highest BCUT2D eigenvalue weighted by Crippen LogP contribution is 2.13. The van der Waals surface area contributed by atoms with Gasteiger partial charge in [-0.05, 0) is 26.2 Å². The van der Waals surface area contributed by atoms with Crippen molar-refractivity contribution in [2.24, 2.45) is 0 Å². The van der Waals surface area contributed by atoms with Gasteiger partial charge < -0.3 is 4.79 Å². The Hall–Kier alpha value is -0.660. The van der Waals surface area contributed by atoms with Gasteiger partial charge in [-0.3, -0.25) is 4.79 Å². The van der Waals surface area contributed by atoms with E-state index in [1.807, 2.05) is 0 Å². The molecule has 0 heterocycles. The zero-order valence-electron chi connectivity index (χ0n) is 15.8. The predicted molar refractivity (Wildman–Crippen MR) is 99.9 cm³/mol. The van der Waals surface area contributed by atoms with Gasteiger partial charge in [-0.15, -0.1) is 0 Å². The third-order valence-corrected chi connectivity index (χ3v) is 4.54. The fraction of sp³-hybridized carbons (Fsp3) is 0.905. The normalized spacial score (nSPS) is 10.9. The number of Topliss-reactive ketones (excluding diaryl/α,β-unsaturated/α-hetero) is 2. The van der Waals surface area contributed by atoms with Crippen molar-refractivity contribution in [1.82, 2.24) is 0 Å². The topological polar surface area (TPSA) is 34.1 Å². The maximum Gasteiger partial charge on any atom is 0.132 e. The summed E-state index contributed by atoms with van der Waals surface area (Å²) in [6, 6.07) is 0. The van der Waals surface area contributed by atoms with Crippen LogP contribution in [-0.4, -0.2) is 11.6 Å². The molecule has 0 aromatic rings. The molecular weight excluding hydrogens is 284 g/mol. The Kier molecular flexibility index (Phi) is 17.2. The van der Waals surface area contributed by atoms with Crippen LogP contribution in [0.1, 0.15) is 123 Å². The van der Waals surface area contributed by atoms with Crippen molar-refractivity contribution in [2.45, 2.75) is 123 Å². The zero-order valence-corrected chi connectivity index (χ0v) is 15.8. The van der Waals surface area contributed by atoms with Crippen LogP contribution < -0.4 is 0 Å². The van der Waals surface area contributed by atoms with Gasteiger partial charge in [0.15, 0.2) is 0 Å². The van der Waals surface area contributed by atoms with Crippen LogP contribution in [0.2, 0.25) is 0 Å². The molecule has 0 N–H and O–H groups in total. The molecule has 0 aromatic heterocycles. The van der Waals surface area contributed by atoms with E-state index in [1.165, 1.54) is 70.6 Å². The molecule has 0 saturated carbocycles. The molecule has 0 spiro atoms. The van der Waals surface area contributed by atoms with E-state index < -0.39 is 0 Å². The molecule has 0 bridgehead atoms. The Labute approximate surface area is 144 Å². The molecule has 0 aromatic carbocycles. The monoisotopic (exact) mass is 324 g/mol. The van der Waals surface area contributed by atoms with E-state index in [9.17, 15) is 9.59 Å². The van der Waals surface area contributed by atoms with Gasteiger partial charge in [-0.1, -0.05) is 77.6 Å². The fourth-order valence-corrected chi connectivity index (χ4v) is 2.98. The van der Waals surface area contributed by atoms with Crippen molar-refractivity contribution >= 4 is 11.6 Å². The van der Waals surface area contributed by atoms with E-state index in [1.54, 1.807) is 6.92 Å². The molecule has 0 aliphatic carbocycles. The van der Waals surface area contributed by atoms with E-state index in [-0.39, 0.29) is 0 Å². The van der Waals surface area contributed by atoms with Crippen LogP contribution >= 0.6 is 0 Å². The lowest BCUT2D eigenvalue weighted by molar-refractivity contribution is -0.119. The molecule has 0 amide bonds. The molecule has 0 saturated heterocycles. The molecule has 0 radical (unpaired) electrons. The van der Waals surface area contributed by atoms with Gasteiger partial charge in [0.1, 0.15) is 11.6 Å². The Balaban J connectivity index is 3.10. The average Bonchev–Trinajstić information content (AvgIpc) is 2.51. The molecule has 0 unspecified atom stereocenters. The van der Waals surface area contributed by atoms with Gasteiger partial charge in [-0.25, -0.2) is 0 Å². The summed E-state index contributed by atoms with van der Waals surface area (Å²) in [7, 11) is 0. The van der Waals surface area contributed by atoms with E-state index in [0.29, 0.717) is 11.6 Å². The maximum atomic E-state index is 11.6. The summed E-state index contributed by atoms with van der Waals surface area (Å²) in [5.74, 6) is 0.802. The Bertz CT molecular complexity index is 284. The average molecular weight is 325 g/mol. The second kappa shape index (κ2) is 17.7. The van der Waals surface area contributed by atoms with Gasteiger partial charge in [-0.2, -0.15) is 0 Å². The molecule has 2 nitrogen and oxygen atoms in total. The fourth-order valence-electron chi connectivity index (χ4n) is 2.98. The number of carbonyl (C=O) groups excluding carboxylic acids is 2. The molecular formula is C21H40O2. The summed E-state index contributed by atoms with van der Waals surface area (Å²) in [6.07, 6.45) is 19.7. The van der Waals surface area contributed by atoms with Crippen LogP contribution in [0, 0.1) is 0 Å². The van der Waals surface area contributed by atoms with Crippen LogP contribution in [0.15, 0.2) is 0 Å². The third-order valence-electron chi connectivity index (χ3n) is 4.54. The Morgan fingerprint density at radius 1 is 0.522 bits per heavy atom. The number of ketones is 2. The second-order valence-corrected chi connectivity index (χ2v) is 7.09. The van der Waals surface area contributed by atoms with Gasteiger partial charge >= 0.3 is 0 Å². The predicted octanol–water partition coefficient (Wildman–Crippen LogP) is 6.80. The van der Waals surface area contributed by atoms with Crippen molar-refractivity contribution in [1.29, 1.82) is 0 Å². The highest BCUT2D eigenvalue weighted by atomic mass is 16.1. The molecule has 0 atom stereocenters. The number of hydrogen-bond acceptors (Lipinski definition) is 2. The van der Waals surface area contributed by atoms with E-state index in [2.05, 4.69) is 6.92 Å². The van der Waals surface area contributed by atoms with Gasteiger partial charge in [0, 0.05) is 19.3 Å². The highest BCUT2D eigenvalue weighted by Gasteiger charge is 2.01. The van der Waals surface area contributed by atoms with Crippen LogP contribution in [0.5, 0.6) is 0 Å². The number of rotatable bonds is 18. The van der Waals surface area contributed by atoms with Gasteiger partial charge in [0.25, 0.3) is 0 Å². The van der Waals surface area contributed by atoms with E-state index >= 15 is 0 Å². The van der Waals surface area contributed by atoms with Crippen LogP contribution in [-0.2, 0) is 9.59 Å². The molecule has 2 heteroatoms. The maximum absolute atomic E-state index is 11.6. The molecule has 0 aliphatic rings. The van der Waals surface area contributed by atoms with Crippen molar-refractivity contribution in [3.8, 4) is 0 Å².